The number of nitrogens with zero attached hydrogens (tertiary/aromatic N) is 1. The van der Waals surface area contributed by atoms with Gasteiger partial charge in [-0.2, -0.15) is 0 Å². The lowest BCUT2D eigenvalue weighted by molar-refractivity contribution is -0.117. The van der Waals surface area contributed by atoms with Crippen molar-refractivity contribution in [2.45, 2.75) is 30.8 Å². The standard InChI is InChI=1S/C18H25BrN4O3/c1-11(2)15-14(19)16(22-21-15)17(24)20-13-5-3-4-12(10-13)18(25)23-6-8-26-9-7-23/h3-5,10-11,14-16,21-22H,6-9H2,1-2H3,(H,20,24). The summed E-state index contributed by atoms with van der Waals surface area (Å²) in [6, 6.07) is 6.85. The molecule has 2 fully saturated rings. The molecule has 3 atom stereocenters. The second kappa shape index (κ2) is 8.47. The maximum atomic E-state index is 12.6. The van der Waals surface area contributed by atoms with Gasteiger partial charge in [0.2, 0.25) is 5.91 Å². The van der Waals surface area contributed by atoms with Crippen LogP contribution in [-0.4, -0.2) is 59.9 Å². The van der Waals surface area contributed by atoms with Crippen molar-refractivity contribution in [3.8, 4) is 0 Å². The Morgan fingerprint density at radius 3 is 2.65 bits per heavy atom. The van der Waals surface area contributed by atoms with Crippen LogP contribution < -0.4 is 16.2 Å². The van der Waals surface area contributed by atoms with Crippen LogP contribution in [0.2, 0.25) is 0 Å². The van der Waals surface area contributed by atoms with Crippen molar-refractivity contribution in [3.63, 3.8) is 0 Å². The van der Waals surface area contributed by atoms with Crippen LogP contribution in [0.4, 0.5) is 5.69 Å². The monoisotopic (exact) mass is 424 g/mol. The first-order valence-corrected chi connectivity index (χ1v) is 9.82. The van der Waals surface area contributed by atoms with Crippen molar-refractivity contribution in [2.75, 3.05) is 31.6 Å². The number of benzene rings is 1. The third-order valence-electron chi connectivity index (χ3n) is 4.74. The zero-order valence-electron chi connectivity index (χ0n) is 15.0. The number of carbonyl (C=O) groups is 2. The van der Waals surface area contributed by atoms with Crippen molar-refractivity contribution in [1.29, 1.82) is 0 Å². The number of nitrogens with one attached hydrogen (secondary N) is 3. The zero-order chi connectivity index (χ0) is 18.7. The molecule has 0 bridgehead atoms. The molecule has 142 valence electrons. The fourth-order valence-electron chi connectivity index (χ4n) is 3.20. The summed E-state index contributed by atoms with van der Waals surface area (Å²) < 4.78 is 5.29. The molecule has 3 N–H and O–H groups in total. The van der Waals surface area contributed by atoms with Gasteiger partial charge >= 0.3 is 0 Å². The molecule has 2 aliphatic heterocycles. The van der Waals surface area contributed by atoms with E-state index in [1.807, 2.05) is 0 Å². The predicted octanol–water partition coefficient (Wildman–Crippen LogP) is 1.36. The van der Waals surface area contributed by atoms with Gasteiger partial charge in [0.1, 0.15) is 6.04 Å². The van der Waals surface area contributed by atoms with Crippen LogP contribution in [0.5, 0.6) is 0 Å². The number of halogens is 1. The lowest BCUT2D eigenvalue weighted by atomic mass is 9.99. The van der Waals surface area contributed by atoms with E-state index in [4.69, 9.17) is 4.74 Å². The first kappa shape index (κ1) is 19.3. The Hall–Kier alpha value is -1.48. The van der Waals surface area contributed by atoms with Crippen LogP contribution in [0, 0.1) is 5.92 Å². The third kappa shape index (κ3) is 4.25. The largest absolute Gasteiger partial charge is 0.378 e. The van der Waals surface area contributed by atoms with Crippen molar-refractivity contribution >= 4 is 33.4 Å². The van der Waals surface area contributed by atoms with Crippen molar-refractivity contribution in [1.82, 2.24) is 15.8 Å². The fourth-order valence-corrected chi connectivity index (χ4v) is 4.31. The summed E-state index contributed by atoms with van der Waals surface area (Å²) in [4.78, 5) is 27.0. The van der Waals surface area contributed by atoms with E-state index in [1.165, 1.54) is 0 Å². The smallest absolute Gasteiger partial charge is 0.254 e. The van der Waals surface area contributed by atoms with E-state index >= 15 is 0 Å². The number of carbonyl (C=O) groups excluding carboxylic acids is 2. The minimum atomic E-state index is -0.388. The number of rotatable bonds is 4. The van der Waals surface area contributed by atoms with E-state index in [-0.39, 0.29) is 28.7 Å². The summed E-state index contributed by atoms with van der Waals surface area (Å²) in [5.41, 5.74) is 7.40. The van der Waals surface area contributed by atoms with Gasteiger partial charge in [0.25, 0.3) is 5.91 Å². The number of hydrogen-bond acceptors (Lipinski definition) is 5. The number of morpholine rings is 1. The topological polar surface area (TPSA) is 82.7 Å². The highest BCUT2D eigenvalue weighted by molar-refractivity contribution is 9.09. The number of hydrazine groups is 1. The van der Waals surface area contributed by atoms with Crippen LogP contribution >= 0.6 is 15.9 Å². The summed E-state index contributed by atoms with van der Waals surface area (Å²) in [5.74, 6) is 0.209. The van der Waals surface area contributed by atoms with Crippen molar-refractivity contribution < 1.29 is 14.3 Å². The first-order chi connectivity index (χ1) is 12.5. The van der Waals surface area contributed by atoms with Crippen LogP contribution in [0.15, 0.2) is 24.3 Å². The Morgan fingerprint density at radius 1 is 1.27 bits per heavy atom. The Balaban J connectivity index is 1.65. The number of alkyl halides is 1. The molecule has 0 spiro atoms. The molecule has 0 aromatic heterocycles. The predicted molar refractivity (Wildman–Crippen MR) is 103 cm³/mol. The minimum Gasteiger partial charge on any atom is -0.378 e. The van der Waals surface area contributed by atoms with Crippen molar-refractivity contribution in [3.05, 3.63) is 29.8 Å². The molecule has 8 heteroatoms. The molecule has 2 heterocycles. The summed E-state index contributed by atoms with van der Waals surface area (Å²) in [5, 5.41) is 2.91. The third-order valence-corrected chi connectivity index (χ3v) is 5.84. The van der Waals surface area contributed by atoms with E-state index < -0.39 is 0 Å². The van der Waals surface area contributed by atoms with Gasteiger partial charge < -0.3 is 15.0 Å². The quantitative estimate of drug-likeness (QED) is 0.635. The number of anilines is 1. The summed E-state index contributed by atoms with van der Waals surface area (Å²) in [7, 11) is 0. The summed E-state index contributed by atoms with van der Waals surface area (Å²) >= 11 is 3.62. The summed E-state index contributed by atoms with van der Waals surface area (Å²) in [6.07, 6.45) is 0. The molecule has 0 saturated carbocycles. The highest BCUT2D eigenvalue weighted by atomic mass is 79.9. The Labute approximate surface area is 161 Å². The number of ether oxygens (including phenoxy) is 1. The zero-order valence-corrected chi connectivity index (χ0v) is 16.6. The van der Waals surface area contributed by atoms with Gasteiger partial charge in [-0.05, 0) is 24.1 Å². The summed E-state index contributed by atoms with van der Waals surface area (Å²) in [6.45, 7) is 6.52. The molecular formula is C18H25BrN4O3. The maximum Gasteiger partial charge on any atom is 0.254 e. The molecule has 1 aromatic rings. The van der Waals surface area contributed by atoms with Gasteiger partial charge in [0, 0.05) is 30.4 Å². The van der Waals surface area contributed by atoms with Gasteiger partial charge in [-0.3, -0.25) is 15.0 Å². The van der Waals surface area contributed by atoms with E-state index in [1.54, 1.807) is 29.2 Å². The molecule has 0 aliphatic carbocycles. The molecule has 7 nitrogen and oxygen atoms in total. The van der Waals surface area contributed by atoms with Crippen LogP contribution in [-0.2, 0) is 9.53 Å². The highest BCUT2D eigenvalue weighted by Gasteiger charge is 2.39. The maximum absolute atomic E-state index is 12.6. The van der Waals surface area contributed by atoms with E-state index in [2.05, 4.69) is 45.9 Å². The second-order valence-corrected chi connectivity index (χ2v) is 8.01. The lowest BCUT2D eigenvalue weighted by Gasteiger charge is -2.27. The Morgan fingerprint density at radius 2 is 2.00 bits per heavy atom. The van der Waals surface area contributed by atoms with Gasteiger partial charge in [-0.1, -0.05) is 35.8 Å². The SMILES string of the molecule is CC(C)C1NNC(C(=O)Nc2cccc(C(=O)N3CCOCC3)c2)C1Br. The molecule has 3 rings (SSSR count). The van der Waals surface area contributed by atoms with Gasteiger partial charge in [0.15, 0.2) is 0 Å². The minimum absolute atomic E-state index is 0.0133. The Kier molecular flexibility index (Phi) is 6.29. The van der Waals surface area contributed by atoms with Crippen LogP contribution in [0.1, 0.15) is 24.2 Å². The lowest BCUT2D eigenvalue weighted by Crippen LogP contribution is -2.42. The van der Waals surface area contributed by atoms with Gasteiger partial charge in [0.05, 0.1) is 18.0 Å². The van der Waals surface area contributed by atoms with E-state index in [0.29, 0.717) is 43.5 Å². The molecule has 3 unspecified atom stereocenters. The fraction of sp³-hybridized carbons (Fsp3) is 0.556. The Bertz CT molecular complexity index is 664. The molecule has 2 amide bonds. The number of hydrogen-bond donors (Lipinski definition) is 3. The van der Waals surface area contributed by atoms with Gasteiger partial charge in [-0.15, -0.1) is 0 Å². The second-order valence-electron chi connectivity index (χ2n) is 6.96. The average Bonchev–Trinajstić information content (AvgIpc) is 3.04. The highest BCUT2D eigenvalue weighted by Crippen LogP contribution is 2.23. The number of amides is 2. The molecule has 0 radical (unpaired) electrons. The van der Waals surface area contributed by atoms with E-state index in [0.717, 1.165) is 0 Å². The average molecular weight is 425 g/mol. The first-order valence-electron chi connectivity index (χ1n) is 8.90. The van der Waals surface area contributed by atoms with Crippen molar-refractivity contribution in [2.24, 2.45) is 5.92 Å². The van der Waals surface area contributed by atoms with Crippen LogP contribution in [0.25, 0.3) is 0 Å². The molecule has 1 aromatic carbocycles. The van der Waals surface area contributed by atoms with Crippen LogP contribution in [0.3, 0.4) is 0 Å². The van der Waals surface area contributed by atoms with E-state index in [9.17, 15) is 9.59 Å². The molecular weight excluding hydrogens is 400 g/mol. The molecule has 2 aliphatic rings. The normalized spacial score (nSPS) is 26.2. The molecule has 2 saturated heterocycles. The molecule has 26 heavy (non-hydrogen) atoms. The van der Waals surface area contributed by atoms with Gasteiger partial charge in [-0.25, -0.2) is 5.43 Å².